The molecule has 4 heteroatoms. The van der Waals surface area contributed by atoms with E-state index in [4.69, 9.17) is 9.47 Å². The van der Waals surface area contributed by atoms with Crippen LogP contribution in [0.25, 0.3) is 5.57 Å². The van der Waals surface area contributed by atoms with Crippen molar-refractivity contribution in [2.75, 3.05) is 14.2 Å². The summed E-state index contributed by atoms with van der Waals surface area (Å²) in [7, 11) is 3.27. The summed E-state index contributed by atoms with van der Waals surface area (Å²) in [4.78, 5) is 12.6. The van der Waals surface area contributed by atoms with Gasteiger partial charge in [-0.3, -0.25) is 4.79 Å². The molecule has 0 atom stereocenters. The van der Waals surface area contributed by atoms with Gasteiger partial charge in [-0.2, -0.15) is 0 Å². The smallest absolute Gasteiger partial charge is 0.244 e. The average molecular weight is 388 g/mol. The molecule has 1 amide bonds. The highest BCUT2D eigenvalue weighted by Gasteiger charge is 2.13. The minimum Gasteiger partial charge on any atom is -0.497 e. The van der Waals surface area contributed by atoms with Gasteiger partial charge in [0, 0.05) is 23.7 Å². The zero-order chi connectivity index (χ0) is 20.2. The molecule has 1 N–H and O–H groups in total. The van der Waals surface area contributed by atoms with Crippen molar-refractivity contribution in [3.63, 3.8) is 0 Å². The van der Waals surface area contributed by atoms with Crippen molar-refractivity contribution in [3.8, 4) is 11.5 Å². The standard InChI is InChI=1S/C24H37NO3/c1-19(22-16-15-21(27-2)18-23(22)28-3)17-24(26)25-20-13-11-9-7-5-4-6-8-10-12-14-20/h15-18,20H,4-14H2,1-3H3,(H,25,26)/b19-17+. The first-order valence-electron chi connectivity index (χ1n) is 10.8. The quantitative estimate of drug-likeness (QED) is 0.640. The summed E-state index contributed by atoms with van der Waals surface area (Å²) in [6, 6.07) is 5.96. The highest BCUT2D eigenvalue weighted by atomic mass is 16.5. The summed E-state index contributed by atoms with van der Waals surface area (Å²) in [5.41, 5.74) is 1.81. The van der Waals surface area contributed by atoms with Gasteiger partial charge in [0.1, 0.15) is 11.5 Å². The lowest BCUT2D eigenvalue weighted by molar-refractivity contribution is -0.117. The third-order valence-corrected chi connectivity index (χ3v) is 5.63. The number of carbonyl (C=O) groups excluding carboxylic acids is 1. The normalized spacial score (nSPS) is 17.9. The third-order valence-electron chi connectivity index (χ3n) is 5.63. The van der Waals surface area contributed by atoms with E-state index < -0.39 is 0 Å². The van der Waals surface area contributed by atoms with E-state index in [1.807, 2.05) is 25.1 Å². The van der Waals surface area contributed by atoms with E-state index in [1.165, 1.54) is 57.8 Å². The Balaban J connectivity index is 1.99. The summed E-state index contributed by atoms with van der Waals surface area (Å²) in [5.74, 6) is 1.45. The van der Waals surface area contributed by atoms with Crippen LogP contribution in [0.15, 0.2) is 24.3 Å². The maximum Gasteiger partial charge on any atom is 0.244 e. The van der Waals surface area contributed by atoms with Crippen molar-refractivity contribution >= 4 is 11.5 Å². The first-order chi connectivity index (χ1) is 13.6. The van der Waals surface area contributed by atoms with Crippen LogP contribution in [0.1, 0.15) is 83.1 Å². The van der Waals surface area contributed by atoms with Gasteiger partial charge >= 0.3 is 0 Å². The van der Waals surface area contributed by atoms with E-state index in [-0.39, 0.29) is 11.9 Å². The van der Waals surface area contributed by atoms with E-state index in [0.717, 1.165) is 29.7 Å². The predicted octanol–water partition coefficient (Wildman–Crippen LogP) is 5.90. The first-order valence-corrected chi connectivity index (χ1v) is 10.8. The highest BCUT2D eigenvalue weighted by molar-refractivity contribution is 5.95. The Bertz CT molecular complexity index is 627. The van der Waals surface area contributed by atoms with Crippen LogP contribution >= 0.6 is 0 Å². The van der Waals surface area contributed by atoms with Crippen molar-refractivity contribution in [2.24, 2.45) is 0 Å². The van der Waals surface area contributed by atoms with Crippen LogP contribution in [0, 0.1) is 0 Å². The SMILES string of the molecule is COc1ccc(/C(C)=C/C(=O)NC2CCCCCCCCCCC2)c(OC)c1. The molecule has 1 aromatic carbocycles. The van der Waals surface area contributed by atoms with E-state index in [9.17, 15) is 4.79 Å². The second kappa shape index (κ2) is 12.5. The van der Waals surface area contributed by atoms with Crippen molar-refractivity contribution in [2.45, 2.75) is 83.6 Å². The Hall–Kier alpha value is -1.97. The molecule has 1 saturated carbocycles. The number of hydrogen-bond donors (Lipinski definition) is 1. The summed E-state index contributed by atoms with van der Waals surface area (Å²) >= 11 is 0. The topological polar surface area (TPSA) is 47.6 Å². The molecule has 2 rings (SSSR count). The lowest BCUT2D eigenvalue weighted by atomic mass is 9.98. The van der Waals surface area contributed by atoms with Crippen molar-refractivity contribution in [1.29, 1.82) is 0 Å². The number of methoxy groups -OCH3 is 2. The number of ether oxygens (including phenoxy) is 2. The summed E-state index contributed by atoms with van der Waals surface area (Å²) < 4.78 is 10.7. The summed E-state index contributed by atoms with van der Waals surface area (Å²) in [6.45, 7) is 1.95. The fraction of sp³-hybridized carbons (Fsp3) is 0.625. The molecule has 0 bridgehead atoms. The fourth-order valence-corrected chi connectivity index (χ4v) is 3.95. The van der Waals surface area contributed by atoms with Gasteiger partial charge in [0.2, 0.25) is 5.91 Å². The third kappa shape index (κ3) is 7.57. The van der Waals surface area contributed by atoms with E-state index in [0.29, 0.717) is 5.75 Å². The zero-order valence-electron chi connectivity index (χ0n) is 17.9. The average Bonchev–Trinajstić information content (AvgIpc) is 2.69. The van der Waals surface area contributed by atoms with Gasteiger partial charge in [-0.15, -0.1) is 0 Å². The molecular formula is C24H37NO3. The molecule has 1 aliphatic rings. The molecule has 0 unspecified atom stereocenters. The Morgan fingerprint density at radius 1 is 0.929 bits per heavy atom. The molecular weight excluding hydrogens is 350 g/mol. The van der Waals surface area contributed by atoms with Crippen LogP contribution in [0.2, 0.25) is 0 Å². The molecule has 0 spiro atoms. The lowest BCUT2D eigenvalue weighted by Crippen LogP contribution is -2.33. The number of benzene rings is 1. The van der Waals surface area contributed by atoms with Crippen LogP contribution in [-0.2, 0) is 4.79 Å². The van der Waals surface area contributed by atoms with E-state index in [2.05, 4.69) is 5.32 Å². The Kier molecular flexibility index (Phi) is 9.95. The molecule has 0 aromatic heterocycles. The molecule has 0 saturated heterocycles. The van der Waals surface area contributed by atoms with Crippen LogP contribution in [0.3, 0.4) is 0 Å². The summed E-state index contributed by atoms with van der Waals surface area (Å²) in [5, 5.41) is 3.25. The fourth-order valence-electron chi connectivity index (χ4n) is 3.95. The molecule has 1 aromatic rings. The van der Waals surface area contributed by atoms with E-state index in [1.54, 1.807) is 20.3 Å². The van der Waals surface area contributed by atoms with Crippen molar-refractivity contribution in [1.82, 2.24) is 5.32 Å². The van der Waals surface area contributed by atoms with Crippen LogP contribution in [0.5, 0.6) is 11.5 Å². The molecule has 0 aliphatic heterocycles. The highest BCUT2D eigenvalue weighted by Crippen LogP contribution is 2.29. The van der Waals surface area contributed by atoms with Crippen LogP contribution in [-0.4, -0.2) is 26.2 Å². The Morgan fingerprint density at radius 2 is 1.50 bits per heavy atom. The Labute approximate surface area is 170 Å². The molecule has 0 radical (unpaired) electrons. The minimum absolute atomic E-state index is 0.00698. The molecule has 1 fully saturated rings. The zero-order valence-corrected chi connectivity index (χ0v) is 17.9. The van der Waals surface area contributed by atoms with Gasteiger partial charge in [0.05, 0.1) is 14.2 Å². The van der Waals surface area contributed by atoms with Crippen LogP contribution in [0.4, 0.5) is 0 Å². The van der Waals surface area contributed by atoms with Crippen LogP contribution < -0.4 is 14.8 Å². The van der Waals surface area contributed by atoms with Gasteiger partial charge in [0.15, 0.2) is 0 Å². The minimum atomic E-state index is -0.00698. The monoisotopic (exact) mass is 387 g/mol. The van der Waals surface area contributed by atoms with E-state index >= 15 is 0 Å². The first kappa shape index (κ1) is 22.3. The van der Waals surface area contributed by atoms with Gasteiger partial charge in [0.25, 0.3) is 0 Å². The maximum atomic E-state index is 12.6. The number of amides is 1. The molecule has 28 heavy (non-hydrogen) atoms. The largest absolute Gasteiger partial charge is 0.497 e. The summed E-state index contributed by atoms with van der Waals surface area (Å²) in [6.07, 6.45) is 15.6. The van der Waals surface area contributed by atoms with Gasteiger partial charge in [-0.25, -0.2) is 0 Å². The molecule has 0 heterocycles. The number of hydrogen-bond acceptors (Lipinski definition) is 3. The number of carbonyl (C=O) groups is 1. The van der Waals surface area contributed by atoms with Gasteiger partial charge in [-0.05, 0) is 37.5 Å². The second-order valence-electron chi connectivity index (χ2n) is 7.86. The molecule has 1 aliphatic carbocycles. The predicted molar refractivity (Wildman–Crippen MR) is 116 cm³/mol. The maximum absolute atomic E-state index is 12.6. The van der Waals surface area contributed by atoms with Gasteiger partial charge < -0.3 is 14.8 Å². The number of nitrogens with one attached hydrogen (secondary N) is 1. The van der Waals surface area contributed by atoms with Crippen molar-refractivity contribution < 1.29 is 14.3 Å². The Morgan fingerprint density at radius 3 is 2.04 bits per heavy atom. The van der Waals surface area contributed by atoms with Crippen molar-refractivity contribution in [3.05, 3.63) is 29.8 Å². The molecule has 4 nitrogen and oxygen atoms in total. The second-order valence-corrected chi connectivity index (χ2v) is 7.86. The van der Waals surface area contributed by atoms with Gasteiger partial charge in [-0.1, -0.05) is 57.8 Å². The number of allylic oxidation sites excluding steroid dienone is 1. The lowest BCUT2D eigenvalue weighted by Gasteiger charge is -2.19. The molecule has 156 valence electrons. The number of rotatable bonds is 5.